The van der Waals surface area contributed by atoms with E-state index in [0.29, 0.717) is 12.6 Å². The summed E-state index contributed by atoms with van der Waals surface area (Å²) in [6.07, 6.45) is -2.31. The van der Waals surface area contributed by atoms with Gasteiger partial charge in [0, 0.05) is 19.1 Å². The predicted molar refractivity (Wildman–Crippen MR) is 64.6 cm³/mol. The highest BCUT2D eigenvalue weighted by atomic mass is 19.4. The molecule has 0 aromatic heterocycles. The summed E-state index contributed by atoms with van der Waals surface area (Å²) < 4.78 is 42.2. The van der Waals surface area contributed by atoms with Crippen LogP contribution in [0.1, 0.15) is 26.7 Å². The summed E-state index contributed by atoms with van der Waals surface area (Å²) in [5, 5.41) is 3.28. The number of nitrogens with zero attached hydrogens (tertiary/aromatic N) is 1. The van der Waals surface area contributed by atoms with Gasteiger partial charge in [-0.1, -0.05) is 13.8 Å². The minimum Gasteiger partial charge on any atom is -0.372 e. The van der Waals surface area contributed by atoms with Gasteiger partial charge in [-0.15, -0.1) is 0 Å². The molecule has 2 unspecified atom stereocenters. The van der Waals surface area contributed by atoms with Gasteiger partial charge in [0.15, 0.2) is 0 Å². The molecule has 2 atom stereocenters. The summed E-state index contributed by atoms with van der Waals surface area (Å²) in [6, 6.07) is 0.403. The van der Waals surface area contributed by atoms with Crippen LogP contribution in [0, 0.1) is 0 Å². The highest BCUT2D eigenvalue weighted by molar-refractivity contribution is 4.78. The van der Waals surface area contributed by atoms with E-state index >= 15 is 0 Å². The molecule has 0 aromatic rings. The molecule has 3 nitrogen and oxygen atoms in total. The summed E-state index contributed by atoms with van der Waals surface area (Å²) in [7, 11) is 1.48. The number of rotatable bonds is 6. The largest absolute Gasteiger partial charge is 0.401 e. The van der Waals surface area contributed by atoms with E-state index in [-0.39, 0.29) is 12.2 Å². The maximum atomic E-state index is 12.2. The molecule has 1 aliphatic rings. The lowest BCUT2D eigenvalue weighted by atomic mass is 10.2. The lowest BCUT2D eigenvalue weighted by molar-refractivity contribution is -0.146. The molecule has 1 fully saturated rings. The molecule has 0 radical (unpaired) electrons. The summed E-state index contributed by atoms with van der Waals surface area (Å²) in [5.74, 6) is 0. The molecular weight excluding hydrogens is 245 g/mol. The quantitative estimate of drug-likeness (QED) is 0.797. The van der Waals surface area contributed by atoms with Crippen LogP contribution in [0.4, 0.5) is 13.2 Å². The second-order valence-corrected chi connectivity index (χ2v) is 5.33. The molecule has 1 heterocycles. The molecule has 0 spiro atoms. The van der Waals surface area contributed by atoms with Crippen molar-refractivity contribution in [3.05, 3.63) is 0 Å². The van der Waals surface area contributed by atoms with Crippen LogP contribution >= 0.6 is 0 Å². The average Bonchev–Trinajstić information content (AvgIpc) is 2.59. The topological polar surface area (TPSA) is 24.5 Å². The maximum absolute atomic E-state index is 12.2. The van der Waals surface area contributed by atoms with E-state index in [0.717, 1.165) is 19.4 Å². The number of nitrogens with one attached hydrogen (secondary N) is 1. The van der Waals surface area contributed by atoms with Crippen LogP contribution in [0.15, 0.2) is 0 Å². The van der Waals surface area contributed by atoms with E-state index in [4.69, 9.17) is 4.74 Å². The predicted octanol–water partition coefficient (Wildman–Crippen LogP) is 2.03. The molecule has 18 heavy (non-hydrogen) atoms. The minimum atomic E-state index is -4.13. The van der Waals surface area contributed by atoms with Crippen LogP contribution in [0.3, 0.4) is 0 Å². The summed E-state index contributed by atoms with van der Waals surface area (Å²) in [5.41, 5.74) is 0. The number of ether oxygens (including phenoxy) is 1. The molecule has 1 N–H and O–H groups in total. The third-order valence-corrected chi connectivity index (χ3v) is 2.91. The van der Waals surface area contributed by atoms with Gasteiger partial charge in [0.05, 0.1) is 18.8 Å². The SMILES string of the molecule is CC(C)NCC1CCC(CN(C)CC(F)(F)F)O1. The molecule has 0 saturated carbocycles. The van der Waals surface area contributed by atoms with Gasteiger partial charge in [-0.2, -0.15) is 13.2 Å². The molecule has 1 saturated heterocycles. The van der Waals surface area contributed by atoms with Crippen LogP contribution in [0.2, 0.25) is 0 Å². The molecule has 108 valence electrons. The Labute approximate surface area is 107 Å². The molecule has 1 aliphatic heterocycles. The fourth-order valence-corrected chi connectivity index (χ4v) is 2.15. The molecule has 0 bridgehead atoms. The molecule has 1 rings (SSSR count). The third-order valence-electron chi connectivity index (χ3n) is 2.91. The highest BCUT2D eigenvalue weighted by Gasteiger charge is 2.32. The molecule has 0 aromatic carbocycles. The summed E-state index contributed by atoms with van der Waals surface area (Å²) >= 11 is 0. The van der Waals surface area contributed by atoms with E-state index in [1.165, 1.54) is 11.9 Å². The van der Waals surface area contributed by atoms with Gasteiger partial charge >= 0.3 is 6.18 Å². The fourth-order valence-electron chi connectivity index (χ4n) is 2.15. The van der Waals surface area contributed by atoms with Crippen LogP contribution in [-0.2, 0) is 4.74 Å². The number of hydrogen-bond acceptors (Lipinski definition) is 3. The van der Waals surface area contributed by atoms with Crippen molar-refractivity contribution in [2.75, 3.05) is 26.7 Å². The highest BCUT2D eigenvalue weighted by Crippen LogP contribution is 2.21. The van der Waals surface area contributed by atoms with E-state index in [2.05, 4.69) is 19.2 Å². The van der Waals surface area contributed by atoms with Crippen molar-refractivity contribution in [3.8, 4) is 0 Å². The normalized spacial score (nSPS) is 25.3. The molecular formula is C12H23F3N2O. The van der Waals surface area contributed by atoms with E-state index in [1.807, 2.05) is 0 Å². The first-order chi connectivity index (χ1) is 8.26. The van der Waals surface area contributed by atoms with E-state index in [9.17, 15) is 13.2 Å². The van der Waals surface area contributed by atoms with Gasteiger partial charge in [-0.3, -0.25) is 4.90 Å². The lowest BCUT2D eigenvalue weighted by Crippen LogP contribution is -2.37. The Balaban J connectivity index is 2.21. The zero-order valence-electron chi connectivity index (χ0n) is 11.3. The van der Waals surface area contributed by atoms with Gasteiger partial charge in [-0.25, -0.2) is 0 Å². The van der Waals surface area contributed by atoms with Crippen molar-refractivity contribution in [1.82, 2.24) is 10.2 Å². The Bertz CT molecular complexity index is 246. The van der Waals surface area contributed by atoms with Crippen LogP contribution in [-0.4, -0.2) is 56.0 Å². The number of alkyl halides is 3. The molecule has 0 aliphatic carbocycles. The van der Waals surface area contributed by atoms with Gasteiger partial charge in [0.25, 0.3) is 0 Å². The Morgan fingerprint density at radius 2 is 1.89 bits per heavy atom. The van der Waals surface area contributed by atoms with Crippen LogP contribution < -0.4 is 5.32 Å². The molecule has 0 amide bonds. The monoisotopic (exact) mass is 268 g/mol. The zero-order chi connectivity index (χ0) is 13.8. The number of halogens is 3. The van der Waals surface area contributed by atoms with Gasteiger partial charge in [-0.05, 0) is 19.9 Å². The minimum absolute atomic E-state index is 0.0729. The van der Waals surface area contributed by atoms with Crippen molar-refractivity contribution >= 4 is 0 Å². The third kappa shape index (κ3) is 6.56. The zero-order valence-corrected chi connectivity index (χ0v) is 11.3. The van der Waals surface area contributed by atoms with E-state index in [1.54, 1.807) is 0 Å². The van der Waals surface area contributed by atoms with Gasteiger partial charge in [0.1, 0.15) is 0 Å². The second-order valence-electron chi connectivity index (χ2n) is 5.33. The first-order valence-corrected chi connectivity index (χ1v) is 6.40. The second kappa shape index (κ2) is 6.73. The van der Waals surface area contributed by atoms with Gasteiger partial charge in [0.2, 0.25) is 0 Å². The molecule has 6 heteroatoms. The Morgan fingerprint density at radius 3 is 2.44 bits per heavy atom. The standard InChI is InChI=1S/C12H23F3N2O/c1-9(2)16-6-10-4-5-11(18-10)7-17(3)8-12(13,14)15/h9-11,16H,4-8H2,1-3H3. The van der Waals surface area contributed by atoms with Gasteiger partial charge < -0.3 is 10.1 Å². The Morgan fingerprint density at radius 1 is 1.28 bits per heavy atom. The lowest BCUT2D eigenvalue weighted by Gasteiger charge is -2.22. The van der Waals surface area contributed by atoms with E-state index < -0.39 is 12.7 Å². The summed E-state index contributed by atoms with van der Waals surface area (Å²) in [4.78, 5) is 1.28. The van der Waals surface area contributed by atoms with Crippen molar-refractivity contribution < 1.29 is 17.9 Å². The van der Waals surface area contributed by atoms with Crippen molar-refractivity contribution in [2.45, 2.75) is 51.1 Å². The van der Waals surface area contributed by atoms with Crippen molar-refractivity contribution in [1.29, 1.82) is 0 Å². The van der Waals surface area contributed by atoms with Crippen molar-refractivity contribution in [2.24, 2.45) is 0 Å². The maximum Gasteiger partial charge on any atom is 0.401 e. The fraction of sp³-hybridized carbons (Fsp3) is 1.00. The Kier molecular flexibility index (Phi) is 5.88. The first kappa shape index (κ1) is 15.7. The number of hydrogen-bond donors (Lipinski definition) is 1. The van der Waals surface area contributed by atoms with Crippen molar-refractivity contribution in [3.63, 3.8) is 0 Å². The smallest absolute Gasteiger partial charge is 0.372 e. The van der Waals surface area contributed by atoms with Crippen LogP contribution in [0.25, 0.3) is 0 Å². The first-order valence-electron chi connectivity index (χ1n) is 6.40. The summed E-state index contributed by atoms with van der Waals surface area (Å²) in [6.45, 7) is 4.36. The van der Waals surface area contributed by atoms with Crippen LogP contribution in [0.5, 0.6) is 0 Å². The average molecular weight is 268 g/mol. The number of likely N-dealkylation sites (N-methyl/N-ethyl adjacent to an activating group) is 1. The Hall–Kier alpha value is -0.330.